The Morgan fingerprint density at radius 3 is 2.52 bits per heavy atom. The maximum Gasteiger partial charge on any atom is 0.325 e. The van der Waals surface area contributed by atoms with Gasteiger partial charge in [-0.3, -0.25) is 9.69 Å². The average molecular weight is 480 g/mol. The highest BCUT2D eigenvalue weighted by molar-refractivity contribution is 9.10. The molecule has 2 aromatic heterocycles. The molecule has 0 saturated carbocycles. The number of nitrogens with one attached hydrogen (secondary N) is 1. The van der Waals surface area contributed by atoms with Gasteiger partial charge in [0.25, 0.3) is 0 Å². The fourth-order valence-corrected chi connectivity index (χ4v) is 4.76. The molecule has 5 rings (SSSR count). The maximum absolute atomic E-state index is 12.3. The van der Waals surface area contributed by atoms with Crippen LogP contribution in [0.4, 0.5) is 5.82 Å². The molecule has 158 valence electrons. The lowest BCUT2D eigenvalue weighted by Gasteiger charge is -2.38. The summed E-state index contributed by atoms with van der Waals surface area (Å²) in [6.07, 6.45) is 1.82. The number of carboxylic acids is 1. The lowest BCUT2D eigenvalue weighted by Crippen LogP contribution is -2.49. The molecule has 1 atom stereocenters. The second-order valence-electron chi connectivity index (χ2n) is 7.82. The van der Waals surface area contributed by atoms with Gasteiger partial charge in [-0.15, -0.1) is 0 Å². The molecule has 4 aromatic rings. The molecule has 1 fully saturated rings. The molecule has 0 aliphatic carbocycles. The molecule has 0 radical (unpaired) electrons. The van der Waals surface area contributed by atoms with Crippen molar-refractivity contribution in [3.05, 3.63) is 64.4 Å². The lowest BCUT2D eigenvalue weighted by atomic mass is 10.0. The molecule has 2 aromatic carbocycles. The number of fused-ring (bicyclic) bond motifs is 2. The Hall–Kier alpha value is -2.97. The van der Waals surface area contributed by atoms with Crippen LogP contribution in [0.25, 0.3) is 21.9 Å². The number of hydrogen-bond acceptors (Lipinski definition) is 5. The summed E-state index contributed by atoms with van der Waals surface area (Å²) in [7, 11) is 0. The Bertz CT molecular complexity index is 1280. The summed E-state index contributed by atoms with van der Waals surface area (Å²) in [5, 5.41) is 11.0. The Morgan fingerprint density at radius 1 is 1.10 bits per heavy atom. The van der Waals surface area contributed by atoms with Gasteiger partial charge in [-0.1, -0.05) is 28.1 Å². The van der Waals surface area contributed by atoms with Crippen molar-refractivity contribution >= 4 is 49.7 Å². The molecule has 3 heterocycles. The van der Waals surface area contributed by atoms with Gasteiger partial charge in [-0.05, 0) is 37.3 Å². The summed E-state index contributed by atoms with van der Waals surface area (Å²) >= 11 is 3.50. The number of benzene rings is 2. The highest BCUT2D eigenvalue weighted by atomic mass is 79.9. The first-order chi connectivity index (χ1) is 15.0. The van der Waals surface area contributed by atoms with E-state index in [-0.39, 0.29) is 0 Å². The molecule has 1 aliphatic heterocycles. The third kappa shape index (κ3) is 3.66. The largest absolute Gasteiger partial charge is 0.480 e. The van der Waals surface area contributed by atoms with E-state index in [9.17, 15) is 9.90 Å². The molecule has 1 saturated heterocycles. The molecular weight excluding hydrogens is 458 g/mol. The van der Waals surface area contributed by atoms with E-state index in [0.717, 1.165) is 43.5 Å². The first-order valence-electron chi connectivity index (χ1n) is 10.2. The molecule has 0 bridgehead atoms. The number of carboxylic acid groups (broad SMARTS) is 1. The van der Waals surface area contributed by atoms with Crippen LogP contribution in [0.5, 0.6) is 0 Å². The van der Waals surface area contributed by atoms with Crippen LogP contribution in [-0.2, 0) is 4.79 Å². The van der Waals surface area contributed by atoms with Gasteiger partial charge < -0.3 is 15.0 Å². The van der Waals surface area contributed by atoms with E-state index in [1.54, 1.807) is 0 Å². The van der Waals surface area contributed by atoms with Crippen LogP contribution in [-0.4, -0.2) is 57.1 Å². The maximum atomic E-state index is 12.3. The summed E-state index contributed by atoms with van der Waals surface area (Å²) in [5.74, 6) is 0.0391. The molecule has 0 amide bonds. The van der Waals surface area contributed by atoms with Gasteiger partial charge >= 0.3 is 5.97 Å². The minimum absolute atomic E-state index is 0.631. The minimum Gasteiger partial charge on any atom is -0.480 e. The third-order valence-corrected chi connectivity index (χ3v) is 6.40. The number of nitrogens with zero attached hydrogens (tertiary/aromatic N) is 4. The summed E-state index contributed by atoms with van der Waals surface area (Å²) in [5.41, 5.74) is 4.38. The molecule has 31 heavy (non-hydrogen) atoms. The van der Waals surface area contributed by atoms with E-state index in [0.29, 0.717) is 26.2 Å². The number of aromatic amines is 1. The van der Waals surface area contributed by atoms with E-state index >= 15 is 0 Å². The number of H-pyrrole nitrogens is 1. The second-order valence-corrected chi connectivity index (χ2v) is 8.73. The number of carbonyl (C=O) groups is 1. The van der Waals surface area contributed by atoms with Crippen LogP contribution in [0.3, 0.4) is 0 Å². The molecule has 0 unspecified atom stereocenters. The molecule has 8 heteroatoms. The van der Waals surface area contributed by atoms with E-state index < -0.39 is 12.0 Å². The van der Waals surface area contributed by atoms with E-state index in [1.807, 2.05) is 60.5 Å². The topological polar surface area (TPSA) is 85.3 Å². The van der Waals surface area contributed by atoms with Crippen molar-refractivity contribution in [2.24, 2.45) is 0 Å². The number of aromatic nitrogens is 3. The van der Waals surface area contributed by atoms with Gasteiger partial charge in [-0.2, -0.15) is 0 Å². The Morgan fingerprint density at radius 2 is 1.81 bits per heavy atom. The number of piperazine rings is 1. The second kappa shape index (κ2) is 7.94. The van der Waals surface area contributed by atoms with Crippen LogP contribution < -0.4 is 4.90 Å². The van der Waals surface area contributed by atoms with Crippen molar-refractivity contribution in [2.45, 2.75) is 13.0 Å². The van der Waals surface area contributed by atoms with Gasteiger partial charge in [-0.25, -0.2) is 9.97 Å². The number of aryl methyl sites for hydroxylation is 1. The normalized spacial score (nSPS) is 16.1. The Labute approximate surface area is 187 Å². The van der Waals surface area contributed by atoms with E-state index in [2.05, 4.69) is 25.8 Å². The van der Waals surface area contributed by atoms with E-state index in [4.69, 9.17) is 9.97 Å². The first kappa shape index (κ1) is 20.0. The number of aliphatic carboxylic acids is 1. The van der Waals surface area contributed by atoms with Crippen LogP contribution in [0.15, 0.2) is 53.1 Å². The summed E-state index contributed by atoms with van der Waals surface area (Å²) < 4.78 is 0.931. The van der Waals surface area contributed by atoms with E-state index in [1.165, 1.54) is 0 Å². The highest BCUT2D eigenvalue weighted by Crippen LogP contribution is 2.32. The minimum atomic E-state index is -0.837. The smallest absolute Gasteiger partial charge is 0.325 e. The summed E-state index contributed by atoms with van der Waals surface area (Å²) in [6.45, 7) is 4.63. The monoisotopic (exact) mass is 479 g/mol. The van der Waals surface area contributed by atoms with Crippen molar-refractivity contribution in [1.82, 2.24) is 19.9 Å². The van der Waals surface area contributed by atoms with Crippen molar-refractivity contribution in [3.63, 3.8) is 0 Å². The van der Waals surface area contributed by atoms with Gasteiger partial charge in [0.15, 0.2) is 5.82 Å². The molecule has 2 N–H and O–H groups in total. The average Bonchev–Trinajstić information content (AvgIpc) is 3.16. The zero-order valence-corrected chi connectivity index (χ0v) is 18.6. The van der Waals surface area contributed by atoms with Crippen molar-refractivity contribution in [3.8, 4) is 0 Å². The summed E-state index contributed by atoms with van der Waals surface area (Å²) in [6, 6.07) is 13.0. The first-order valence-corrected chi connectivity index (χ1v) is 11.0. The standard InChI is InChI=1S/C23H22BrN5O2/c1-14-22(27-20-5-3-2-4-19(20)26-14)29-10-8-28(9-11-29)21(23(30)31)17-13-25-18-7-6-15(24)12-16(17)18/h2-7,12-13,21,25H,8-11H2,1H3,(H,30,31)/t21-/m1/s1. The molecule has 1 aliphatic rings. The Kier molecular flexibility index (Phi) is 5.11. The number of anilines is 1. The SMILES string of the molecule is Cc1nc2ccccc2nc1N1CCN([C@@H](C(=O)O)c2c[nH]c3ccc(Br)cc23)CC1. The third-order valence-electron chi connectivity index (χ3n) is 5.90. The molecular formula is C23H22BrN5O2. The predicted octanol–water partition coefficient (Wildman–Crippen LogP) is 4.13. The van der Waals surface area contributed by atoms with Crippen LogP contribution in [0.2, 0.25) is 0 Å². The fraction of sp³-hybridized carbons (Fsp3) is 0.261. The predicted molar refractivity (Wildman–Crippen MR) is 124 cm³/mol. The molecule has 7 nitrogen and oxygen atoms in total. The van der Waals surface area contributed by atoms with Gasteiger partial charge in [0.05, 0.1) is 16.7 Å². The zero-order valence-electron chi connectivity index (χ0n) is 17.0. The Balaban J connectivity index is 1.40. The number of rotatable bonds is 4. The van der Waals surface area contributed by atoms with Gasteiger partial charge in [0.1, 0.15) is 6.04 Å². The summed E-state index contributed by atoms with van der Waals surface area (Å²) in [4.78, 5) is 29.2. The van der Waals surface area contributed by atoms with Crippen LogP contribution in [0.1, 0.15) is 17.3 Å². The quantitative estimate of drug-likeness (QED) is 0.457. The fourth-order valence-electron chi connectivity index (χ4n) is 4.40. The van der Waals surface area contributed by atoms with Crippen LogP contribution >= 0.6 is 15.9 Å². The number of hydrogen-bond donors (Lipinski definition) is 2. The van der Waals surface area contributed by atoms with Crippen molar-refractivity contribution in [1.29, 1.82) is 0 Å². The van der Waals surface area contributed by atoms with Crippen molar-refractivity contribution < 1.29 is 9.90 Å². The van der Waals surface area contributed by atoms with Crippen molar-refractivity contribution in [2.75, 3.05) is 31.1 Å². The van der Waals surface area contributed by atoms with Crippen LogP contribution in [0, 0.1) is 6.92 Å². The highest BCUT2D eigenvalue weighted by Gasteiger charge is 2.32. The molecule has 0 spiro atoms. The van der Waals surface area contributed by atoms with Gasteiger partial charge in [0, 0.05) is 53.3 Å². The zero-order chi connectivity index (χ0) is 21.5. The number of halogens is 1. The number of para-hydroxylation sites is 2. The lowest BCUT2D eigenvalue weighted by molar-refractivity contribution is -0.143. The van der Waals surface area contributed by atoms with Gasteiger partial charge in [0.2, 0.25) is 0 Å².